The van der Waals surface area contributed by atoms with Crippen LogP contribution in [0.3, 0.4) is 0 Å². The first kappa shape index (κ1) is 16.4. The van der Waals surface area contributed by atoms with Crippen LogP contribution in [0.5, 0.6) is 0 Å². The Morgan fingerprint density at radius 3 is 2.22 bits per heavy atom. The summed E-state index contributed by atoms with van der Waals surface area (Å²) in [4.78, 5) is 23.1. The predicted molar refractivity (Wildman–Crippen MR) is 82.7 cm³/mol. The summed E-state index contributed by atoms with van der Waals surface area (Å²) in [6, 6.07) is 11.1. The van der Waals surface area contributed by atoms with Crippen molar-refractivity contribution in [2.75, 3.05) is 5.32 Å². The molecule has 0 spiro atoms. The third kappa shape index (κ3) is 4.52. The molecule has 0 radical (unpaired) electrons. The van der Waals surface area contributed by atoms with Gasteiger partial charge in [-0.3, -0.25) is 10.0 Å². The van der Waals surface area contributed by atoms with E-state index in [4.69, 9.17) is 5.21 Å². The summed E-state index contributed by atoms with van der Waals surface area (Å²) in [6.45, 7) is 1.78. The number of carbonyl (C=O) groups excluding carboxylic acids is 2. The van der Waals surface area contributed by atoms with E-state index in [1.807, 2.05) is 0 Å². The van der Waals surface area contributed by atoms with Crippen molar-refractivity contribution in [2.24, 2.45) is 0 Å². The Labute approximate surface area is 132 Å². The lowest BCUT2D eigenvalue weighted by atomic mass is 10.1. The number of benzene rings is 2. The van der Waals surface area contributed by atoms with Crippen molar-refractivity contribution < 1.29 is 19.2 Å². The predicted octanol–water partition coefficient (Wildman–Crippen LogP) is 2.83. The van der Waals surface area contributed by atoms with Crippen LogP contribution in [-0.2, 0) is 0 Å². The minimum absolute atomic E-state index is 0.304. The zero-order chi connectivity index (χ0) is 16.8. The topological polar surface area (TPSA) is 90.5 Å². The maximum absolute atomic E-state index is 12.8. The number of anilines is 1. The number of rotatable bonds is 4. The number of hydroxylamine groups is 1. The van der Waals surface area contributed by atoms with Crippen molar-refractivity contribution in [1.82, 2.24) is 10.8 Å². The quantitative estimate of drug-likeness (QED) is 0.516. The molecular formula is C16H16FN3O3. The monoisotopic (exact) mass is 317 g/mol. The van der Waals surface area contributed by atoms with Crippen LogP contribution in [0, 0.1) is 5.82 Å². The minimum Gasteiger partial charge on any atom is -0.331 e. The maximum Gasteiger partial charge on any atom is 0.319 e. The number of hydrogen-bond acceptors (Lipinski definition) is 3. The molecule has 0 aliphatic rings. The van der Waals surface area contributed by atoms with E-state index in [0.717, 1.165) is 5.56 Å². The van der Waals surface area contributed by atoms with E-state index in [0.29, 0.717) is 11.3 Å². The highest BCUT2D eigenvalue weighted by molar-refractivity contribution is 5.93. The molecule has 120 valence electrons. The van der Waals surface area contributed by atoms with Crippen molar-refractivity contribution >= 4 is 17.6 Å². The summed E-state index contributed by atoms with van der Waals surface area (Å²) in [7, 11) is 0. The molecule has 1 atom stereocenters. The van der Waals surface area contributed by atoms with E-state index in [-0.39, 0.29) is 11.9 Å². The largest absolute Gasteiger partial charge is 0.331 e. The van der Waals surface area contributed by atoms with Gasteiger partial charge in [0.15, 0.2) is 0 Å². The van der Waals surface area contributed by atoms with Crippen molar-refractivity contribution in [2.45, 2.75) is 13.0 Å². The molecule has 4 N–H and O–H groups in total. The Hall–Kier alpha value is -2.93. The van der Waals surface area contributed by atoms with Gasteiger partial charge in [-0.15, -0.1) is 0 Å². The molecular weight excluding hydrogens is 301 g/mol. The zero-order valence-corrected chi connectivity index (χ0v) is 12.3. The Morgan fingerprint density at radius 1 is 1.04 bits per heavy atom. The van der Waals surface area contributed by atoms with Crippen LogP contribution in [0.25, 0.3) is 0 Å². The molecule has 0 aromatic heterocycles. The van der Waals surface area contributed by atoms with Gasteiger partial charge in [0.1, 0.15) is 5.82 Å². The molecule has 0 aliphatic heterocycles. The number of hydrogen-bond donors (Lipinski definition) is 4. The van der Waals surface area contributed by atoms with Crippen LogP contribution in [-0.4, -0.2) is 17.1 Å². The van der Waals surface area contributed by atoms with Gasteiger partial charge in [-0.05, 0) is 48.9 Å². The van der Waals surface area contributed by atoms with E-state index < -0.39 is 11.9 Å². The summed E-state index contributed by atoms with van der Waals surface area (Å²) < 4.78 is 12.8. The van der Waals surface area contributed by atoms with Gasteiger partial charge in [-0.1, -0.05) is 12.1 Å². The van der Waals surface area contributed by atoms with Gasteiger partial charge in [-0.2, -0.15) is 0 Å². The molecule has 0 aliphatic carbocycles. The smallest absolute Gasteiger partial charge is 0.319 e. The maximum atomic E-state index is 12.8. The summed E-state index contributed by atoms with van der Waals surface area (Å²) in [6.07, 6.45) is 0. The zero-order valence-electron chi connectivity index (χ0n) is 12.3. The fraction of sp³-hybridized carbons (Fsp3) is 0.125. The lowest BCUT2D eigenvalue weighted by molar-refractivity contribution is 0.0706. The Bertz CT molecular complexity index is 687. The molecule has 0 fully saturated rings. The first-order valence-corrected chi connectivity index (χ1v) is 6.87. The Balaban J connectivity index is 1.95. The Kier molecular flexibility index (Phi) is 5.27. The van der Waals surface area contributed by atoms with E-state index in [2.05, 4.69) is 10.6 Å². The second-order valence-electron chi connectivity index (χ2n) is 4.89. The van der Waals surface area contributed by atoms with Gasteiger partial charge in [-0.25, -0.2) is 14.7 Å². The molecule has 2 rings (SSSR count). The minimum atomic E-state index is -0.605. The van der Waals surface area contributed by atoms with Crippen LogP contribution >= 0.6 is 0 Å². The van der Waals surface area contributed by atoms with Gasteiger partial charge < -0.3 is 10.6 Å². The van der Waals surface area contributed by atoms with E-state index >= 15 is 0 Å². The summed E-state index contributed by atoms with van der Waals surface area (Å²) >= 11 is 0. The molecule has 23 heavy (non-hydrogen) atoms. The van der Waals surface area contributed by atoms with Crippen LogP contribution in [0.4, 0.5) is 14.9 Å². The van der Waals surface area contributed by atoms with Crippen molar-refractivity contribution in [1.29, 1.82) is 0 Å². The third-order valence-electron chi connectivity index (χ3n) is 3.22. The fourth-order valence-electron chi connectivity index (χ4n) is 1.97. The van der Waals surface area contributed by atoms with E-state index in [1.54, 1.807) is 24.5 Å². The third-order valence-corrected chi connectivity index (χ3v) is 3.22. The molecule has 0 saturated carbocycles. The molecule has 6 nitrogen and oxygen atoms in total. The van der Waals surface area contributed by atoms with Crippen LogP contribution < -0.4 is 16.1 Å². The highest BCUT2D eigenvalue weighted by Crippen LogP contribution is 2.14. The normalized spacial score (nSPS) is 11.4. The molecule has 0 saturated heterocycles. The lowest BCUT2D eigenvalue weighted by Gasteiger charge is -2.15. The highest BCUT2D eigenvalue weighted by atomic mass is 19.1. The number of nitrogens with one attached hydrogen (secondary N) is 3. The first-order chi connectivity index (χ1) is 11.0. The molecule has 0 heterocycles. The first-order valence-electron chi connectivity index (χ1n) is 6.87. The van der Waals surface area contributed by atoms with Gasteiger partial charge in [0, 0.05) is 11.3 Å². The van der Waals surface area contributed by atoms with Crippen molar-refractivity contribution in [3.05, 3.63) is 65.5 Å². The summed E-state index contributed by atoms with van der Waals surface area (Å²) in [5.74, 6) is -0.984. The standard InChI is InChI=1S/C16H16FN3O3/c1-10(11-2-4-12(5-3-11)15(21)20-23)18-16(22)19-14-8-6-13(17)7-9-14/h2-10,23H,1H3,(H,20,21)(H2,18,19,22). The van der Waals surface area contributed by atoms with Gasteiger partial charge in [0.2, 0.25) is 0 Å². The second-order valence-corrected chi connectivity index (χ2v) is 4.89. The molecule has 1 unspecified atom stereocenters. The number of urea groups is 1. The number of carbonyl (C=O) groups is 2. The number of amides is 3. The average molecular weight is 317 g/mol. The second kappa shape index (κ2) is 7.37. The molecule has 2 aromatic carbocycles. The van der Waals surface area contributed by atoms with Gasteiger partial charge in [0.25, 0.3) is 5.91 Å². The van der Waals surface area contributed by atoms with Gasteiger partial charge in [0.05, 0.1) is 6.04 Å². The SMILES string of the molecule is CC(NC(=O)Nc1ccc(F)cc1)c1ccc(C(=O)NO)cc1. The molecule has 7 heteroatoms. The number of halogens is 1. The Morgan fingerprint density at radius 2 is 1.65 bits per heavy atom. The molecule has 3 amide bonds. The van der Waals surface area contributed by atoms with Crippen LogP contribution in [0.1, 0.15) is 28.9 Å². The molecule has 2 aromatic rings. The fourth-order valence-corrected chi connectivity index (χ4v) is 1.97. The average Bonchev–Trinajstić information content (AvgIpc) is 2.56. The summed E-state index contributed by atoms with van der Waals surface area (Å²) in [5.41, 5.74) is 3.12. The van der Waals surface area contributed by atoms with E-state index in [1.165, 1.54) is 36.4 Å². The van der Waals surface area contributed by atoms with Gasteiger partial charge >= 0.3 is 6.03 Å². The summed E-state index contributed by atoms with van der Waals surface area (Å²) in [5, 5.41) is 13.9. The van der Waals surface area contributed by atoms with Crippen LogP contribution in [0.2, 0.25) is 0 Å². The van der Waals surface area contributed by atoms with E-state index in [9.17, 15) is 14.0 Å². The van der Waals surface area contributed by atoms with Crippen LogP contribution in [0.15, 0.2) is 48.5 Å². The lowest BCUT2D eigenvalue weighted by Crippen LogP contribution is -2.31. The van der Waals surface area contributed by atoms with Crippen molar-refractivity contribution in [3.8, 4) is 0 Å². The van der Waals surface area contributed by atoms with Crippen molar-refractivity contribution in [3.63, 3.8) is 0 Å². The molecule has 0 bridgehead atoms. The highest BCUT2D eigenvalue weighted by Gasteiger charge is 2.11.